The molecule has 0 unspecified atom stereocenters. The molecular weight excluding hydrogens is 408 g/mol. The number of nitrogens with zero attached hydrogens (tertiary/aromatic N) is 1. The SMILES string of the molecule is Cc1ccc(N(Cc2cc3ccc(C)cc3[nH]c2=O)C(=O)c2ccc(Cl)cc2)c(C)c1. The normalized spacial score (nSPS) is 11.0. The number of rotatable bonds is 4. The van der Waals surface area contributed by atoms with Gasteiger partial charge in [0.2, 0.25) is 0 Å². The number of aryl methyl sites for hydroxylation is 3. The van der Waals surface area contributed by atoms with Gasteiger partial charge in [0, 0.05) is 27.4 Å². The lowest BCUT2D eigenvalue weighted by Crippen LogP contribution is -2.33. The van der Waals surface area contributed by atoms with Crippen LogP contribution in [0.4, 0.5) is 5.69 Å². The zero-order valence-electron chi connectivity index (χ0n) is 17.7. The van der Waals surface area contributed by atoms with Crippen molar-refractivity contribution in [3.63, 3.8) is 0 Å². The van der Waals surface area contributed by atoms with Crippen molar-refractivity contribution >= 4 is 34.1 Å². The van der Waals surface area contributed by atoms with Crippen LogP contribution in [0.25, 0.3) is 10.9 Å². The molecule has 1 N–H and O–H groups in total. The Hall–Kier alpha value is -3.37. The molecule has 0 saturated heterocycles. The van der Waals surface area contributed by atoms with Crippen LogP contribution in [0.1, 0.15) is 32.6 Å². The van der Waals surface area contributed by atoms with Gasteiger partial charge in [-0.1, -0.05) is 41.4 Å². The first-order valence-corrected chi connectivity index (χ1v) is 10.5. The summed E-state index contributed by atoms with van der Waals surface area (Å²) in [5.41, 5.74) is 5.55. The van der Waals surface area contributed by atoms with Crippen LogP contribution >= 0.6 is 11.6 Å². The fourth-order valence-corrected chi connectivity index (χ4v) is 3.90. The van der Waals surface area contributed by atoms with E-state index in [0.717, 1.165) is 33.3 Å². The highest BCUT2D eigenvalue weighted by Crippen LogP contribution is 2.26. The maximum atomic E-state index is 13.5. The van der Waals surface area contributed by atoms with E-state index in [1.807, 2.05) is 63.2 Å². The summed E-state index contributed by atoms with van der Waals surface area (Å²) < 4.78 is 0. The lowest BCUT2D eigenvalue weighted by molar-refractivity contribution is 0.0985. The first kappa shape index (κ1) is 20.9. The topological polar surface area (TPSA) is 53.2 Å². The summed E-state index contributed by atoms with van der Waals surface area (Å²) in [5, 5.41) is 1.50. The molecular formula is C26H23ClN2O2. The molecule has 4 nitrogen and oxygen atoms in total. The minimum absolute atomic E-state index is 0.157. The van der Waals surface area contributed by atoms with E-state index in [1.54, 1.807) is 29.2 Å². The summed E-state index contributed by atoms with van der Waals surface area (Å²) in [4.78, 5) is 30.9. The second-order valence-electron chi connectivity index (χ2n) is 7.90. The van der Waals surface area contributed by atoms with Crippen molar-refractivity contribution in [2.75, 3.05) is 4.90 Å². The molecule has 1 heterocycles. The van der Waals surface area contributed by atoms with E-state index >= 15 is 0 Å². The number of pyridine rings is 1. The molecule has 0 aliphatic rings. The average Bonchev–Trinajstić information content (AvgIpc) is 2.73. The van der Waals surface area contributed by atoms with Crippen LogP contribution in [0.15, 0.2) is 71.5 Å². The number of benzene rings is 3. The standard InChI is InChI=1S/C26H23ClN2O2/c1-16-5-11-24(18(3)12-16)29(26(31)19-7-9-22(27)10-8-19)15-21-14-20-6-4-17(2)13-23(20)28-25(21)30/h4-14H,15H2,1-3H3,(H,28,30). The number of hydrogen-bond donors (Lipinski definition) is 1. The van der Waals surface area contributed by atoms with Crippen LogP contribution in [0.2, 0.25) is 5.02 Å². The monoisotopic (exact) mass is 430 g/mol. The highest BCUT2D eigenvalue weighted by Gasteiger charge is 2.21. The number of carbonyl (C=O) groups is 1. The van der Waals surface area contributed by atoms with Crippen molar-refractivity contribution in [3.05, 3.63) is 110 Å². The third-order valence-corrected chi connectivity index (χ3v) is 5.64. The van der Waals surface area contributed by atoms with Gasteiger partial charge in [-0.05, 0) is 79.7 Å². The fraction of sp³-hybridized carbons (Fsp3) is 0.154. The van der Waals surface area contributed by atoms with Crippen LogP contribution < -0.4 is 10.5 Å². The second kappa shape index (κ2) is 8.40. The van der Waals surface area contributed by atoms with E-state index in [0.29, 0.717) is 16.1 Å². The summed E-state index contributed by atoms with van der Waals surface area (Å²) in [6, 6.07) is 20.5. The summed E-state index contributed by atoms with van der Waals surface area (Å²) in [7, 11) is 0. The van der Waals surface area contributed by atoms with Gasteiger partial charge in [-0.15, -0.1) is 0 Å². The number of fused-ring (bicyclic) bond motifs is 1. The summed E-state index contributed by atoms with van der Waals surface area (Å²) >= 11 is 6.00. The molecule has 1 amide bonds. The molecule has 5 heteroatoms. The van der Waals surface area contributed by atoms with Crippen molar-refractivity contribution in [1.29, 1.82) is 0 Å². The first-order valence-electron chi connectivity index (χ1n) is 10.1. The zero-order valence-corrected chi connectivity index (χ0v) is 18.5. The predicted octanol–water partition coefficient (Wildman–Crippen LogP) is 5.95. The predicted molar refractivity (Wildman–Crippen MR) is 127 cm³/mol. The van der Waals surface area contributed by atoms with Crippen molar-refractivity contribution in [1.82, 2.24) is 4.98 Å². The number of carbonyl (C=O) groups excluding carboxylic acids is 1. The van der Waals surface area contributed by atoms with Gasteiger partial charge in [-0.25, -0.2) is 0 Å². The minimum Gasteiger partial charge on any atom is -0.322 e. The highest BCUT2D eigenvalue weighted by molar-refractivity contribution is 6.30. The van der Waals surface area contributed by atoms with E-state index < -0.39 is 0 Å². The Kier molecular flexibility index (Phi) is 5.66. The molecule has 4 rings (SSSR count). The lowest BCUT2D eigenvalue weighted by atomic mass is 10.1. The quantitative estimate of drug-likeness (QED) is 0.434. The molecule has 0 radical (unpaired) electrons. The van der Waals surface area contributed by atoms with E-state index in [4.69, 9.17) is 11.6 Å². The molecule has 0 fully saturated rings. The number of halogens is 1. The van der Waals surface area contributed by atoms with Gasteiger partial charge >= 0.3 is 0 Å². The van der Waals surface area contributed by atoms with E-state index in [1.165, 1.54) is 0 Å². The zero-order chi connectivity index (χ0) is 22.1. The van der Waals surface area contributed by atoms with Gasteiger partial charge in [0.05, 0.1) is 6.54 Å². The fourth-order valence-electron chi connectivity index (χ4n) is 3.77. The number of aromatic amines is 1. The second-order valence-corrected chi connectivity index (χ2v) is 8.34. The average molecular weight is 431 g/mol. The third-order valence-electron chi connectivity index (χ3n) is 5.39. The van der Waals surface area contributed by atoms with E-state index in [-0.39, 0.29) is 18.0 Å². The van der Waals surface area contributed by atoms with Crippen LogP contribution in [-0.2, 0) is 6.54 Å². The van der Waals surface area contributed by atoms with Crippen LogP contribution in [0, 0.1) is 20.8 Å². The van der Waals surface area contributed by atoms with Gasteiger partial charge in [0.25, 0.3) is 11.5 Å². The Morgan fingerprint density at radius 3 is 2.29 bits per heavy atom. The van der Waals surface area contributed by atoms with Gasteiger partial charge in [0.1, 0.15) is 0 Å². The lowest BCUT2D eigenvalue weighted by Gasteiger charge is -2.25. The molecule has 0 spiro atoms. The molecule has 31 heavy (non-hydrogen) atoms. The molecule has 3 aromatic carbocycles. The van der Waals surface area contributed by atoms with Crippen molar-refractivity contribution in [3.8, 4) is 0 Å². The Morgan fingerprint density at radius 1 is 0.903 bits per heavy atom. The molecule has 4 aromatic rings. The first-order chi connectivity index (χ1) is 14.8. The Balaban J connectivity index is 1.81. The van der Waals surface area contributed by atoms with Crippen LogP contribution in [0.5, 0.6) is 0 Å². The molecule has 1 aromatic heterocycles. The third kappa shape index (κ3) is 4.39. The van der Waals surface area contributed by atoms with E-state index in [9.17, 15) is 9.59 Å². The summed E-state index contributed by atoms with van der Waals surface area (Å²) in [6.45, 7) is 6.12. The van der Waals surface area contributed by atoms with Crippen LogP contribution in [-0.4, -0.2) is 10.9 Å². The Labute approximate surface area is 186 Å². The van der Waals surface area contributed by atoms with Gasteiger partial charge in [-0.2, -0.15) is 0 Å². The van der Waals surface area contributed by atoms with E-state index in [2.05, 4.69) is 4.98 Å². The van der Waals surface area contributed by atoms with Gasteiger partial charge in [-0.3, -0.25) is 9.59 Å². The largest absolute Gasteiger partial charge is 0.322 e. The van der Waals surface area contributed by atoms with Crippen LogP contribution in [0.3, 0.4) is 0 Å². The molecule has 0 atom stereocenters. The molecule has 0 aliphatic carbocycles. The Bertz CT molecular complexity index is 1340. The number of amides is 1. The maximum absolute atomic E-state index is 13.5. The molecule has 0 aliphatic heterocycles. The smallest absolute Gasteiger partial charge is 0.258 e. The maximum Gasteiger partial charge on any atom is 0.258 e. The number of aromatic nitrogens is 1. The number of hydrogen-bond acceptors (Lipinski definition) is 2. The van der Waals surface area contributed by atoms with Crippen molar-refractivity contribution < 1.29 is 4.79 Å². The summed E-state index contributed by atoms with van der Waals surface area (Å²) in [6.07, 6.45) is 0. The van der Waals surface area contributed by atoms with Crippen molar-refractivity contribution in [2.24, 2.45) is 0 Å². The van der Waals surface area contributed by atoms with Crippen molar-refractivity contribution in [2.45, 2.75) is 27.3 Å². The molecule has 0 bridgehead atoms. The molecule has 156 valence electrons. The number of H-pyrrole nitrogens is 1. The molecule has 0 saturated carbocycles. The minimum atomic E-state index is -0.197. The Morgan fingerprint density at radius 2 is 1.58 bits per heavy atom. The number of nitrogens with one attached hydrogen (secondary N) is 1. The highest BCUT2D eigenvalue weighted by atomic mass is 35.5. The summed E-state index contributed by atoms with van der Waals surface area (Å²) in [5.74, 6) is -0.188. The van der Waals surface area contributed by atoms with Gasteiger partial charge < -0.3 is 9.88 Å². The number of anilines is 1. The van der Waals surface area contributed by atoms with Gasteiger partial charge in [0.15, 0.2) is 0 Å².